The number of rotatable bonds is 4. The van der Waals surface area contributed by atoms with Gasteiger partial charge in [0.25, 0.3) is 0 Å². The summed E-state index contributed by atoms with van der Waals surface area (Å²) in [5, 5.41) is 12.1. The molecule has 1 aliphatic rings. The Morgan fingerprint density at radius 2 is 1.57 bits per heavy atom. The van der Waals surface area contributed by atoms with Crippen molar-refractivity contribution in [3.63, 3.8) is 0 Å². The number of carboxylic acid groups (broad SMARTS) is 1. The summed E-state index contributed by atoms with van der Waals surface area (Å²) >= 11 is 13.4. The fraction of sp³-hybridized carbons (Fsp3) is 0.222. The number of hydrogen-bond acceptors (Lipinski definition) is 4. The molecule has 5 rings (SSSR count). The molecule has 178 valence electrons. The minimum absolute atomic E-state index is 0.187. The number of likely N-dealkylation sites (tertiary alicyclic amines) is 1. The number of thiophene rings is 1. The van der Waals surface area contributed by atoms with E-state index < -0.39 is 5.97 Å². The molecule has 3 heterocycles. The Morgan fingerprint density at radius 1 is 0.971 bits per heavy atom. The molecule has 1 fully saturated rings. The van der Waals surface area contributed by atoms with Crippen LogP contribution in [0.15, 0.2) is 59.6 Å². The van der Waals surface area contributed by atoms with Gasteiger partial charge < -0.3 is 10.0 Å². The molecule has 0 saturated carbocycles. The minimum atomic E-state index is -1.01. The first kappa shape index (κ1) is 23.8. The molecule has 0 radical (unpaired) electrons. The predicted octanol–water partition coefficient (Wildman–Crippen LogP) is 8.17. The van der Waals surface area contributed by atoms with Gasteiger partial charge in [0.15, 0.2) is 0 Å². The second kappa shape index (κ2) is 9.97. The van der Waals surface area contributed by atoms with Crippen molar-refractivity contribution >= 4 is 62.2 Å². The summed E-state index contributed by atoms with van der Waals surface area (Å²) in [5.74, 6) is -0.177. The number of aromatic nitrogens is 1. The van der Waals surface area contributed by atoms with Gasteiger partial charge in [0, 0.05) is 34.1 Å². The molecule has 0 amide bonds. The van der Waals surface area contributed by atoms with Gasteiger partial charge in [-0.25, -0.2) is 14.8 Å². The fourth-order valence-corrected chi connectivity index (χ4v) is 5.64. The van der Waals surface area contributed by atoms with Crippen molar-refractivity contribution in [3.05, 3.63) is 69.5 Å². The molecule has 2 aromatic carbocycles. The van der Waals surface area contributed by atoms with Crippen LogP contribution in [-0.2, 0) is 0 Å². The van der Waals surface area contributed by atoms with Crippen LogP contribution in [0.2, 0.25) is 10.0 Å². The SMILES string of the molecule is CC(=Nc1c(C(=O)O)sc2nc(-c3ccc(Cl)cc3)cc(-c3ccc(Cl)cc3)c12)N1CCCCC1. The molecular weight excluding hydrogens is 501 g/mol. The molecule has 0 atom stereocenters. The van der Waals surface area contributed by atoms with Gasteiger partial charge in [0.2, 0.25) is 0 Å². The largest absolute Gasteiger partial charge is 0.477 e. The van der Waals surface area contributed by atoms with E-state index in [1.807, 2.05) is 61.5 Å². The van der Waals surface area contributed by atoms with Gasteiger partial charge in [0.05, 0.1) is 5.69 Å². The number of nitrogens with zero attached hydrogens (tertiary/aromatic N) is 3. The number of pyridine rings is 1. The van der Waals surface area contributed by atoms with Gasteiger partial charge in [-0.05, 0) is 67.6 Å². The fourth-order valence-electron chi connectivity index (χ4n) is 4.41. The maximum absolute atomic E-state index is 12.3. The summed E-state index contributed by atoms with van der Waals surface area (Å²) in [6.07, 6.45) is 3.44. The van der Waals surface area contributed by atoms with E-state index in [0.717, 1.165) is 70.9 Å². The van der Waals surface area contributed by atoms with Gasteiger partial charge in [-0.1, -0.05) is 47.5 Å². The van der Waals surface area contributed by atoms with Crippen LogP contribution in [-0.4, -0.2) is 39.9 Å². The van der Waals surface area contributed by atoms with E-state index in [-0.39, 0.29) is 4.88 Å². The van der Waals surface area contributed by atoms with Crippen molar-refractivity contribution in [3.8, 4) is 22.4 Å². The molecule has 1 N–H and O–H groups in total. The number of carboxylic acids is 1. The highest BCUT2D eigenvalue weighted by atomic mass is 35.5. The van der Waals surface area contributed by atoms with Crippen LogP contribution in [0.5, 0.6) is 0 Å². The standard InChI is InChI=1S/C27H23Cl2N3O2S/c1-16(32-13-3-2-4-14-32)30-24-23-21(17-5-9-19(28)10-6-17)15-22(18-7-11-20(29)12-8-18)31-26(23)35-25(24)27(33)34/h5-12,15H,2-4,13-14H2,1H3,(H,33,34). The Labute approximate surface area is 217 Å². The van der Waals surface area contributed by atoms with Crippen molar-refractivity contribution in [2.75, 3.05) is 13.1 Å². The summed E-state index contributed by atoms with van der Waals surface area (Å²) < 4.78 is 0. The molecular formula is C27H23Cl2N3O2S. The first-order valence-corrected chi connectivity index (χ1v) is 13.0. The van der Waals surface area contributed by atoms with Gasteiger partial charge >= 0.3 is 5.97 Å². The van der Waals surface area contributed by atoms with Crippen LogP contribution >= 0.6 is 34.5 Å². The third-order valence-electron chi connectivity index (χ3n) is 6.21. The average Bonchev–Trinajstić information content (AvgIpc) is 3.23. The van der Waals surface area contributed by atoms with Crippen LogP contribution in [0.1, 0.15) is 35.9 Å². The molecule has 1 saturated heterocycles. The van der Waals surface area contributed by atoms with E-state index in [4.69, 9.17) is 33.2 Å². The lowest BCUT2D eigenvalue weighted by Gasteiger charge is -2.28. The van der Waals surface area contributed by atoms with Crippen LogP contribution in [0.3, 0.4) is 0 Å². The Bertz CT molecular complexity index is 1420. The number of benzene rings is 2. The molecule has 0 aliphatic carbocycles. The Balaban J connectivity index is 1.77. The summed E-state index contributed by atoms with van der Waals surface area (Å²) in [4.78, 5) is 25.1. The zero-order valence-corrected chi connectivity index (χ0v) is 21.4. The molecule has 0 bridgehead atoms. The van der Waals surface area contributed by atoms with Crippen LogP contribution in [0.25, 0.3) is 32.6 Å². The topological polar surface area (TPSA) is 65.8 Å². The molecule has 8 heteroatoms. The van der Waals surface area contributed by atoms with E-state index in [2.05, 4.69) is 4.90 Å². The van der Waals surface area contributed by atoms with E-state index in [0.29, 0.717) is 20.6 Å². The van der Waals surface area contributed by atoms with Crippen LogP contribution in [0, 0.1) is 0 Å². The highest BCUT2D eigenvalue weighted by Crippen LogP contribution is 2.44. The first-order valence-electron chi connectivity index (χ1n) is 11.4. The number of aromatic carboxylic acids is 1. The van der Waals surface area contributed by atoms with Crippen molar-refractivity contribution in [1.29, 1.82) is 0 Å². The van der Waals surface area contributed by atoms with E-state index in [9.17, 15) is 9.90 Å². The van der Waals surface area contributed by atoms with Crippen LogP contribution in [0.4, 0.5) is 5.69 Å². The maximum Gasteiger partial charge on any atom is 0.348 e. The molecule has 2 aromatic heterocycles. The smallest absolute Gasteiger partial charge is 0.348 e. The van der Waals surface area contributed by atoms with Gasteiger partial charge in [0.1, 0.15) is 21.2 Å². The van der Waals surface area contributed by atoms with Gasteiger partial charge in [-0.3, -0.25) is 0 Å². The normalized spacial score (nSPS) is 14.5. The number of carbonyl (C=O) groups is 1. The number of fused-ring (bicyclic) bond motifs is 1. The quantitative estimate of drug-likeness (QED) is 0.216. The molecule has 35 heavy (non-hydrogen) atoms. The van der Waals surface area contributed by atoms with Crippen LogP contribution < -0.4 is 0 Å². The molecule has 0 spiro atoms. The summed E-state index contributed by atoms with van der Waals surface area (Å²) in [5.41, 5.74) is 3.87. The second-order valence-electron chi connectivity index (χ2n) is 8.54. The lowest BCUT2D eigenvalue weighted by molar-refractivity contribution is 0.0703. The minimum Gasteiger partial charge on any atom is -0.477 e. The number of amidine groups is 1. The third-order valence-corrected chi connectivity index (χ3v) is 7.78. The predicted molar refractivity (Wildman–Crippen MR) is 146 cm³/mol. The first-order chi connectivity index (χ1) is 16.9. The van der Waals surface area contributed by atoms with Crippen molar-refractivity contribution in [2.24, 2.45) is 4.99 Å². The number of aliphatic imine (C=N–C) groups is 1. The molecule has 1 aliphatic heterocycles. The monoisotopic (exact) mass is 523 g/mol. The highest BCUT2D eigenvalue weighted by molar-refractivity contribution is 7.21. The molecule has 4 aromatic rings. The Hall–Kier alpha value is -2.93. The number of hydrogen-bond donors (Lipinski definition) is 1. The van der Waals surface area contributed by atoms with Crippen molar-refractivity contribution < 1.29 is 9.90 Å². The maximum atomic E-state index is 12.3. The van der Waals surface area contributed by atoms with E-state index in [1.165, 1.54) is 6.42 Å². The highest BCUT2D eigenvalue weighted by Gasteiger charge is 2.24. The van der Waals surface area contributed by atoms with E-state index in [1.54, 1.807) is 0 Å². The molecule has 5 nitrogen and oxygen atoms in total. The third kappa shape index (κ3) is 4.92. The van der Waals surface area contributed by atoms with Gasteiger partial charge in [-0.15, -0.1) is 11.3 Å². The summed E-state index contributed by atoms with van der Waals surface area (Å²) in [7, 11) is 0. The number of halogens is 2. The zero-order valence-electron chi connectivity index (χ0n) is 19.1. The van der Waals surface area contributed by atoms with Crippen molar-refractivity contribution in [1.82, 2.24) is 9.88 Å². The summed E-state index contributed by atoms with van der Waals surface area (Å²) in [6.45, 7) is 3.82. The lowest BCUT2D eigenvalue weighted by Crippen LogP contribution is -2.33. The number of piperidine rings is 1. The zero-order chi connectivity index (χ0) is 24.5. The van der Waals surface area contributed by atoms with E-state index >= 15 is 0 Å². The summed E-state index contributed by atoms with van der Waals surface area (Å²) in [6, 6.07) is 17.0. The lowest BCUT2D eigenvalue weighted by atomic mass is 9.99. The molecule has 0 unspecified atom stereocenters. The Kier molecular flexibility index (Phi) is 6.78. The average molecular weight is 524 g/mol. The van der Waals surface area contributed by atoms with Crippen molar-refractivity contribution in [2.45, 2.75) is 26.2 Å². The second-order valence-corrected chi connectivity index (χ2v) is 10.4. The Morgan fingerprint density at radius 3 is 2.17 bits per heavy atom. The van der Waals surface area contributed by atoms with Gasteiger partial charge in [-0.2, -0.15) is 0 Å².